The van der Waals surface area contributed by atoms with E-state index in [9.17, 15) is 9.90 Å². The molecule has 2 N–H and O–H groups in total. The lowest BCUT2D eigenvalue weighted by Gasteiger charge is -2.18. The zero-order valence-corrected chi connectivity index (χ0v) is 11.2. The van der Waals surface area contributed by atoms with Crippen molar-refractivity contribution in [3.05, 3.63) is 40.3 Å². The number of pyridine rings is 1. The van der Waals surface area contributed by atoms with Gasteiger partial charge in [-0.2, -0.15) is 0 Å². The number of hydrogen-bond donors (Lipinski definition) is 2. The number of hydrogen-bond acceptors (Lipinski definition) is 5. The van der Waals surface area contributed by atoms with Crippen molar-refractivity contribution in [1.82, 2.24) is 20.3 Å². The lowest BCUT2D eigenvalue weighted by Crippen LogP contribution is -2.28. The van der Waals surface area contributed by atoms with Crippen LogP contribution in [0.1, 0.15) is 21.7 Å². The van der Waals surface area contributed by atoms with E-state index < -0.39 is 5.97 Å². The predicted molar refractivity (Wildman–Crippen MR) is 72.6 cm³/mol. The second-order valence-electron chi connectivity index (χ2n) is 4.41. The molecule has 6 nitrogen and oxygen atoms in total. The number of nitrogens with zero attached hydrogens (tertiary/aromatic N) is 3. The summed E-state index contributed by atoms with van der Waals surface area (Å²) >= 11 is 5.79. The Balaban J connectivity index is 2.14. The minimum absolute atomic E-state index is 0.0361. The van der Waals surface area contributed by atoms with Crippen molar-refractivity contribution in [2.75, 3.05) is 6.54 Å². The third-order valence-corrected chi connectivity index (χ3v) is 3.32. The quantitative estimate of drug-likeness (QED) is 0.872. The van der Waals surface area contributed by atoms with Crippen LogP contribution in [0, 0.1) is 0 Å². The first-order valence-corrected chi connectivity index (χ1v) is 6.48. The van der Waals surface area contributed by atoms with Gasteiger partial charge in [0, 0.05) is 31.3 Å². The summed E-state index contributed by atoms with van der Waals surface area (Å²) in [5.41, 5.74) is 1.97. The molecule has 0 atom stereocenters. The largest absolute Gasteiger partial charge is 0.476 e. The highest BCUT2D eigenvalue weighted by Crippen LogP contribution is 2.21. The maximum atomic E-state index is 11.4. The summed E-state index contributed by atoms with van der Waals surface area (Å²) in [6.45, 7) is 1.25. The monoisotopic (exact) mass is 290 g/mol. The number of fused-ring (bicyclic) bond motifs is 1. The molecule has 2 aromatic heterocycles. The van der Waals surface area contributed by atoms with E-state index in [-0.39, 0.29) is 5.69 Å². The van der Waals surface area contributed by atoms with E-state index in [0.29, 0.717) is 35.1 Å². The zero-order valence-electron chi connectivity index (χ0n) is 10.4. The summed E-state index contributed by atoms with van der Waals surface area (Å²) in [5.74, 6) is -0.734. The van der Waals surface area contributed by atoms with Crippen molar-refractivity contribution in [2.24, 2.45) is 0 Å². The van der Waals surface area contributed by atoms with Crippen molar-refractivity contribution in [2.45, 2.75) is 13.0 Å². The second-order valence-corrected chi connectivity index (χ2v) is 4.85. The van der Waals surface area contributed by atoms with E-state index in [1.807, 2.05) is 0 Å². The normalized spacial score (nSPS) is 13.8. The molecule has 3 heterocycles. The molecule has 0 aromatic carbocycles. The first-order chi connectivity index (χ1) is 9.65. The molecule has 0 saturated heterocycles. The molecule has 1 aliphatic rings. The highest BCUT2D eigenvalue weighted by atomic mass is 35.5. The Morgan fingerprint density at radius 3 is 2.90 bits per heavy atom. The van der Waals surface area contributed by atoms with Gasteiger partial charge >= 0.3 is 5.97 Å². The van der Waals surface area contributed by atoms with E-state index in [0.717, 1.165) is 12.2 Å². The standard InChI is InChI=1S/C13H11ClN4O2/c14-7-1-2-10(16-5-7)12-17-9-3-4-15-6-8(9)11(18-12)13(19)20/h1-2,5,15H,3-4,6H2,(H,19,20). The molecular weight excluding hydrogens is 280 g/mol. The number of aromatic carboxylic acids is 1. The summed E-state index contributed by atoms with van der Waals surface area (Å²) < 4.78 is 0. The van der Waals surface area contributed by atoms with Gasteiger partial charge in [0.25, 0.3) is 0 Å². The Morgan fingerprint density at radius 1 is 1.35 bits per heavy atom. The Morgan fingerprint density at radius 2 is 2.20 bits per heavy atom. The number of halogens is 1. The average Bonchev–Trinajstić information content (AvgIpc) is 2.46. The third-order valence-electron chi connectivity index (χ3n) is 3.09. The highest BCUT2D eigenvalue weighted by molar-refractivity contribution is 6.30. The van der Waals surface area contributed by atoms with Gasteiger partial charge in [0.05, 0.1) is 10.7 Å². The first kappa shape index (κ1) is 13.0. The van der Waals surface area contributed by atoms with Crippen LogP contribution in [-0.2, 0) is 13.0 Å². The molecule has 0 aliphatic carbocycles. The lowest BCUT2D eigenvalue weighted by atomic mass is 10.0. The smallest absolute Gasteiger partial charge is 0.354 e. The molecule has 7 heteroatoms. The van der Waals surface area contributed by atoms with Gasteiger partial charge in [-0.25, -0.2) is 14.8 Å². The van der Waals surface area contributed by atoms with Crippen LogP contribution in [0.4, 0.5) is 0 Å². The van der Waals surface area contributed by atoms with Gasteiger partial charge in [0.2, 0.25) is 0 Å². The summed E-state index contributed by atoms with van der Waals surface area (Å²) in [4.78, 5) is 24.0. The Kier molecular flexibility index (Phi) is 3.33. The van der Waals surface area contributed by atoms with Gasteiger partial charge in [-0.3, -0.25) is 4.98 Å². The summed E-state index contributed by atoms with van der Waals surface area (Å²) in [5, 5.41) is 12.9. The number of carboxylic acids is 1. The molecule has 0 bridgehead atoms. The minimum atomic E-state index is -1.05. The van der Waals surface area contributed by atoms with Crippen LogP contribution in [0.2, 0.25) is 5.02 Å². The van der Waals surface area contributed by atoms with Crippen molar-refractivity contribution >= 4 is 17.6 Å². The maximum Gasteiger partial charge on any atom is 0.354 e. The SMILES string of the molecule is O=C(O)c1nc(-c2ccc(Cl)cn2)nc2c1CNCC2. The number of rotatable bonds is 2. The Bertz CT molecular complexity index is 673. The molecule has 1 aliphatic heterocycles. The van der Waals surface area contributed by atoms with Crippen LogP contribution in [-0.4, -0.2) is 32.6 Å². The fraction of sp³-hybridized carbons (Fsp3) is 0.231. The molecule has 0 fully saturated rings. The van der Waals surface area contributed by atoms with E-state index >= 15 is 0 Å². The number of aromatic nitrogens is 3. The van der Waals surface area contributed by atoms with Crippen molar-refractivity contribution in [3.63, 3.8) is 0 Å². The first-order valence-electron chi connectivity index (χ1n) is 6.11. The topological polar surface area (TPSA) is 88.0 Å². The van der Waals surface area contributed by atoms with Gasteiger partial charge in [-0.05, 0) is 12.1 Å². The molecule has 0 radical (unpaired) electrons. The van der Waals surface area contributed by atoms with Gasteiger partial charge in [-0.1, -0.05) is 11.6 Å². The van der Waals surface area contributed by atoms with Crippen LogP contribution < -0.4 is 5.32 Å². The van der Waals surface area contributed by atoms with Crippen LogP contribution in [0.3, 0.4) is 0 Å². The van der Waals surface area contributed by atoms with Crippen LogP contribution in [0.5, 0.6) is 0 Å². The molecule has 102 valence electrons. The fourth-order valence-corrected chi connectivity index (χ4v) is 2.25. The molecule has 0 spiro atoms. The van der Waals surface area contributed by atoms with Crippen molar-refractivity contribution < 1.29 is 9.90 Å². The minimum Gasteiger partial charge on any atom is -0.476 e. The molecule has 0 unspecified atom stereocenters. The lowest BCUT2D eigenvalue weighted by molar-refractivity contribution is 0.0688. The van der Waals surface area contributed by atoms with Gasteiger partial charge in [0.1, 0.15) is 5.69 Å². The predicted octanol–water partition coefficient (Wildman–Crippen LogP) is 1.54. The second kappa shape index (κ2) is 5.15. The Labute approximate surface area is 119 Å². The van der Waals surface area contributed by atoms with Gasteiger partial charge in [-0.15, -0.1) is 0 Å². The highest BCUT2D eigenvalue weighted by Gasteiger charge is 2.22. The average molecular weight is 291 g/mol. The number of carboxylic acid groups (broad SMARTS) is 1. The maximum absolute atomic E-state index is 11.4. The molecule has 20 heavy (non-hydrogen) atoms. The van der Waals surface area contributed by atoms with Crippen LogP contribution >= 0.6 is 11.6 Å². The van der Waals surface area contributed by atoms with E-state index in [2.05, 4.69) is 20.3 Å². The van der Waals surface area contributed by atoms with Crippen LogP contribution in [0.25, 0.3) is 11.5 Å². The van der Waals surface area contributed by atoms with Crippen molar-refractivity contribution in [3.8, 4) is 11.5 Å². The van der Waals surface area contributed by atoms with E-state index in [1.165, 1.54) is 6.20 Å². The summed E-state index contributed by atoms with van der Waals surface area (Å²) in [7, 11) is 0. The van der Waals surface area contributed by atoms with Gasteiger partial charge < -0.3 is 10.4 Å². The Hall–Kier alpha value is -2.05. The third kappa shape index (κ3) is 2.35. The molecule has 0 saturated carbocycles. The zero-order chi connectivity index (χ0) is 14.1. The molecule has 3 rings (SSSR count). The summed E-state index contributed by atoms with van der Waals surface area (Å²) in [6.07, 6.45) is 2.17. The van der Waals surface area contributed by atoms with E-state index in [4.69, 9.17) is 11.6 Å². The summed E-state index contributed by atoms with van der Waals surface area (Å²) in [6, 6.07) is 3.35. The van der Waals surface area contributed by atoms with Gasteiger partial charge in [0.15, 0.2) is 11.5 Å². The molecular formula is C13H11ClN4O2. The van der Waals surface area contributed by atoms with Crippen molar-refractivity contribution in [1.29, 1.82) is 0 Å². The molecule has 0 amide bonds. The molecule has 2 aromatic rings. The number of nitrogens with one attached hydrogen (secondary N) is 1. The van der Waals surface area contributed by atoms with Crippen LogP contribution in [0.15, 0.2) is 18.3 Å². The number of carbonyl (C=O) groups is 1. The fourth-order valence-electron chi connectivity index (χ4n) is 2.14. The van der Waals surface area contributed by atoms with E-state index in [1.54, 1.807) is 12.1 Å².